The summed E-state index contributed by atoms with van der Waals surface area (Å²) in [6.45, 7) is 5.97. The Morgan fingerprint density at radius 2 is 2.17 bits per heavy atom. The van der Waals surface area contributed by atoms with Gasteiger partial charge in [-0.1, -0.05) is 6.92 Å². The van der Waals surface area contributed by atoms with Crippen LogP contribution < -0.4 is 5.32 Å². The zero-order valence-electron chi connectivity index (χ0n) is 8.27. The molecule has 0 fully saturated rings. The van der Waals surface area contributed by atoms with Crippen molar-refractivity contribution in [2.24, 2.45) is 0 Å². The third-order valence-corrected chi connectivity index (χ3v) is 2.25. The molecular formula is C9H20ClNO. The number of nitrogens with one attached hydrogen (secondary N) is 1. The molecule has 0 aliphatic carbocycles. The minimum atomic E-state index is 0.145. The van der Waals surface area contributed by atoms with Crippen LogP contribution >= 0.6 is 11.6 Å². The van der Waals surface area contributed by atoms with Crippen LogP contribution in [0.1, 0.15) is 26.7 Å². The highest BCUT2D eigenvalue weighted by molar-refractivity contribution is 6.20. The first-order valence-electron chi connectivity index (χ1n) is 4.57. The molecule has 0 amide bonds. The summed E-state index contributed by atoms with van der Waals surface area (Å²) in [5, 5.41) is 3.53. The quantitative estimate of drug-likeness (QED) is 0.625. The maximum atomic E-state index is 5.94. The van der Waals surface area contributed by atoms with E-state index >= 15 is 0 Å². The molecule has 0 spiro atoms. The van der Waals surface area contributed by atoms with E-state index in [2.05, 4.69) is 19.2 Å². The molecule has 0 aromatic carbocycles. The third-order valence-electron chi connectivity index (χ3n) is 1.91. The minimum Gasteiger partial charge on any atom is -0.383 e. The Kier molecular flexibility index (Phi) is 7.98. The molecule has 2 atom stereocenters. The minimum absolute atomic E-state index is 0.145. The van der Waals surface area contributed by atoms with Crippen molar-refractivity contribution in [3.63, 3.8) is 0 Å². The first-order valence-corrected chi connectivity index (χ1v) is 5.00. The van der Waals surface area contributed by atoms with Crippen molar-refractivity contribution in [2.45, 2.75) is 38.1 Å². The van der Waals surface area contributed by atoms with Crippen LogP contribution in [0.3, 0.4) is 0 Å². The average molecular weight is 194 g/mol. The standard InChI is InChI=1S/C9H20ClNO/c1-4-8(2)11-6-5-9(10)7-12-3/h8-9,11H,4-7H2,1-3H3. The molecule has 0 aliphatic heterocycles. The second kappa shape index (κ2) is 7.84. The van der Waals surface area contributed by atoms with E-state index in [1.54, 1.807) is 7.11 Å². The number of rotatable bonds is 7. The molecule has 0 bridgehead atoms. The van der Waals surface area contributed by atoms with Crippen LogP contribution in [-0.4, -0.2) is 31.7 Å². The molecule has 1 N–H and O–H groups in total. The second-order valence-corrected chi connectivity index (χ2v) is 3.72. The molecule has 12 heavy (non-hydrogen) atoms. The Morgan fingerprint density at radius 3 is 2.67 bits per heavy atom. The van der Waals surface area contributed by atoms with Gasteiger partial charge in [0, 0.05) is 13.2 Å². The van der Waals surface area contributed by atoms with Gasteiger partial charge in [0.25, 0.3) is 0 Å². The average Bonchev–Trinajstić information content (AvgIpc) is 2.04. The van der Waals surface area contributed by atoms with E-state index in [9.17, 15) is 0 Å². The zero-order chi connectivity index (χ0) is 9.40. The summed E-state index contributed by atoms with van der Waals surface area (Å²) in [7, 11) is 1.68. The number of halogens is 1. The SMILES string of the molecule is CCC(C)NCCC(Cl)COC. The Hall–Kier alpha value is 0.210. The fraction of sp³-hybridized carbons (Fsp3) is 1.00. The highest BCUT2D eigenvalue weighted by atomic mass is 35.5. The van der Waals surface area contributed by atoms with E-state index in [4.69, 9.17) is 16.3 Å². The topological polar surface area (TPSA) is 21.3 Å². The lowest BCUT2D eigenvalue weighted by Gasteiger charge is -2.13. The zero-order valence-corrected chi connectivity index (χ0v) is 9.03. The van der Waals surface area contributed by atoms with Gasteiger partial charge in [-0.05, 0) is 26.3 Å². The lowest BCUT2D eigenvalue weighted by Crippen LogP contribution is -2.28. The van der Waals surface area contributed by atoms with Crippen LogP contribution in [0.15, 0.2) is 0 Å². The van der Waals surface area contributed by atoms with E-state index < -0.39 is 0 Å². The Labute approximate surface area is 80.6 Å². The van der Waals surface area contributed by atoms with Gasteiger partial charge in [-0.3, -0.25) is 0 Å². The van der Waals surface area contributed by atoms with Gasteiger partial charge in [-0.2, -0.15) is 0 Å². The molecule has 2 nitrogen and oxygen atoms in total. The van der Waals surface area contributed by atoms with Gasteiger partial charge in [-0.15, -0.1) is 11.6 Å². The van der Waals surface area contributed by atoms with Gasteiger partial charge in [0.2, 0.25) is 0 Å². The van der Waals surface area contributed by atoms with E-state index in [1.807, 2.05) is 0 Å². The summed E-state index contributed by atoms with van der Waals surface area (Å²) in [4.78, 5) is 0. The van der Waals surface area contributed by atoms with E-state index in [1.165, 1.54) is 0 Å². The monoisotopic (exact) mass is 193 g/mol. The van der Waals surface area contributed by atoms with Gasteiger partial charge in [0.1, 0.15) is 0 Å². The van der Waals surface area contributed by atoms with Crippen LogP contribution in [0.4, 0.5) is 0 Å². The normalized spacial score (nSPS) is 16.0. The number of hydrogen-bond acceptors (Lipinski definition) is 2. The van der Waals surface area contributed by atoms with Crippen molar-refractivity contribution in [1.29, 1.82) is 0 Å². The Morgan fingerprint density at radius 1 is 1.50 bits per heavy atom. The Balaban J connectivity index is 3.18. The predicted molar refractivity (Wildman–Crippen MR) is 53.9 cm³/mol. The number of ether oxygens (including phenoxy) is 1. The van der Waals surface area contributed by atoms with Crippen molar-refractivity contribution in [1.82, 2.24) is 5.32 Å². The number of hydrogen-bond donors (Lipinski definition) is 1. The van der Waals surface area contributed by atoms with Crippen LogP contribution in [0.2, 0.25) is 0 Å². The van der Waals surface area contributed by atoms with Gasteiger partial charge < -0.3 is 10.1 Å². The van der Waals surface area contributed by atoms with Gasteiger partial charge in [0.05, 0.1) is 12.0 Å². The summed E-state index contributed by atoms with van der Waals surface area (Å²) in [5.74, 6) is 0. The summed E-state index contributed by atoms with van der Waals surface area (Å²) in [6.07, 6.45) is 2.14. The molecule has 2 unspecified atom stereocenters. The van der Waals surface area contributed by atoms with Crippen molar-refractivity contribution in [3.05, 3.63) is 0 Å². The maximum Gasteiger partial charge on any atom is 0.0626 e. The predicted octanol–water partition coefficient (Wildman–Crippen LogP) is 2.02. The fourth-order valence-corrected chi connectivity index (χ4v) is 1.13. The molecule has 0 saturated heterocycles. The summed E-state index contributed by atoms with van der Waals surface area (Å²) < 4.78 is 4.93. The fourth-order valence-electron chi connectivity index (χ4n) is 0.895. The van der Waals surface area contributed by atoms with E-state index in [0.29, 0.717) is 12.6 Å². The largest absolute Gasteiger partial charge is 0.383 e. The van der Waals surface area contributed by atoms with Gasteiger partial charge >= 0.3 is 0 Å². The van der Waals surface area contributed by atoms with Gasteiger partial charge in [-0.25, -0.2) is 0 Å². The molecule has 0 saturated carbocycles. The van der Waals surface area contributed by atoms with Crippen molar-refractivity contribution in [3.8, 4) is 0 Å². The van der Waals surface area contributed by atoms with Gasteiger partial charge in [0.15, 0.2) is 0 Å². The van der Waals surface area contributed by atoms with Crippen LogP contribution in [0.5, 0.6) is 0 Å². The van der Waals surface area contributed by atoms with Crippen LogP contribution in [-0.2, 0) is 4.74 Å². The lowest BCUT2D eigenvalue weighted by atomic mass is 10.2. The summed E-state index contributed by atoms with van der Waals surface area (Å²) in [6, 6.07) is 0.594. The highest BCUT2D eigenvalue weighted by Crippen LogP contribution is 2.01. The molecule has 74 valence electrons. The molecular weight excluding hydrogens is 174 g/mol. The van der Waals surface area contributed by atoms with Crippen LogP contribution in [0, 0.1) is 0 Å². The van der Waals surface area contributed by atoms with Crippen LogP contribution in [0.25, 0.3) is 0 Å². The third kappa shape index (κ3) is 6.89. The number of methoxy groups -OCH3 is 1. The van der Waals surface area contributed by atoms with Crippen molar-refractivity contribution in [2.75, 3.05) is 20.3 Å². The van der Waals surface area contributed by atoms with Crippen molar-refractivity contribution >= 4 is 11.6 Å². The lowest BCUT2D eigenvalue weighted by molar-refractivity contribution is 0.195. The first kappa shape index (κ1) is 12.2. The number of alkyl halides is 1. The molecule has 0 aliphatic rings. The molecule has 0 heterocycles. The molecule has 0 aromatic heterocycles. The summed E-state index contributed by atoms with van der Waals surface area (Å²) >= 11 is 5.94. The first-order chi connectivity index (χ1) is 5.70. The molecule has 0 aromatic rings. The summed E-state index contributed by atoms with van der Waals surface area (Å²) in [5.41, 5.74) is 0. The highest BCUT2D eigenvalue weighted by Gasteiger charge is 2.03. The van der Waals surface area contributed by atoms with Crippen molar-refractivity contribution < 1.29 is 4.74 Å². The second-order valence-electron chi connectivity index (χ2n) is 3.10. The smallest absolute Gasteiger partial charge is 0.0626 e. The molecule has 3 heteroatoms. The molecule has 0 rings (SSSR count). The molecule has 0 radical (unpaired) electrons. The van der Waals surface area contributed by atoms with E-state index in [0.717, 1.165) is 19.4 Å². The maximum absolute atomic E-state index is 5.94. The van der Waals surface area contributed by atoms with E-state index in [-0.39, 0.29) is 5.38 Å². The Bertz CT molecular complexity index is 101.